The zero-order valence-electron chi connectivity index (χ0n) is 22.5. The highest BCUT2D eigenvalue weighted by Crippen LogP contribution is 2.37. The molecule has 5 rings (SSSR count). The number of halogens is 1. The van der Waals surface area contributed by atoms with Crippen molar-refractivity contribution < 1.29 is 14.3 Å². The smallest absolute Gasteiger partial charge is 0.410 e. The Hall–Kier alpha value is -3.77. The SMILES string of the molecule is Cc1ccccc1OC(=O)N(C)[C@@H]1C(C(=O)C2CC(c3ccccn3)NCC2C#N)NC[C@H]1c1ccc(Cl)cc1. The minimum atomic E-state index is -0.682. The van der Waals surface area contributed by atoms with Crippen LogP contribution in [-0.4, -0.2) is 54.0 Å². The third-order valence-electron chi connectivity index (χ3n) is 8.08. The molecule has 2 fully saturated rings. The van der Waals surface area contributed by atoms with E-state index in [0.29, 0.717) is 30.3 Å². The highest BCUT2D eigenvalue weighted by Gasteiger charge is 2.49. The molecule has 1 aromatic heterocycles. The summed E-state index contributed by atoms with van der Waals surface area (Å²) in [5, 5.41) is 17.3. The average Bonchev–Trinajstić information content (AvgIpc) is 3.43. The van der Waals surface area contributed by atoms with Gasteiger partial charge in [0.05, 0.1) is 35.8 Å². The summed E-state index contributed by atoms with van der Waals surface area (Å²) in [6.07, 6.45) is 1.63. The van der Waals surface area contributed by atoms with Crippen molar-refractivity contribution in [2.24, 2.45) is 11.8 Å². The molecule has 2 aliphatic rings. The summed E-state index contributed by atoms with van der Waals surface area (Å²) in [5.41, 5.74) is 2.63. The summed E-state index contributed by atoms with van der Waals surface area (Å²) >= 11 is 6.15. The van der Waals surface area contributed by atoms with Crippen LogP contribution in [-0.2, 0) is 4.79 Å². The van der Waals surface area contributed by atoms with Crippen LogP contribution in [0.1, 0.15) is 35.2 Å². The Kier molecular flexibility index (Phi) is 8.46. The van der Waals surface area contributed by atoms with Crippen LogP contribution in [0.2, 0.25) is 5.02 Å². The molecule has 3 aromatic rings. The van der Waals surface area contributed by atoms with E-state index >= 15 is 0 Å². The third kappa shape index (κ3) is 5.73. The summed E-state index contributed by atoms with van der Waals surface area (Å²) < 4.78 is 5.77. The number of rotatable bonds is 6. The standard InChI is InChI=1S/C31H32ClN5O3/c1-19-7-3-4-9-27(19)40-31(39)37(2)29-24(20-10-12-22(32)13-11-20)18-36-28(29)30(38)23-15-26(35-17-21(23)16-33)25-8-5-6-14-34-25/h3-14,21,23-24,26,28-29,35-36H,15,17-18H2,1-2H3/t21?,23?,24-,26?,28?,29-/m0/s1. The zero-order valence-corrected chi connectivity index (χ0v) is 23.2. The molecule has 2 aromatic carbocycles. The first kappa shape index (κ1) is 27.8. The lowest BCUT2D eigenvalue weighted by atomic mass is 9.76. The molecule has 2 N–H and O–H groups in total. The number of Topliss-reactive ketones (excluding diaryl/α,β-unsaturated/α-hetero) is 1. The first-order valence-corrected chi connectivity index (χ1v) is 13.8. The van der Waals surface area contributed by atoms with Crippen molar-refractivity contribution >= 4 is 23.5 Å². The first-order chi connectivity index (χ1) is 19.4. The minimum Gasteiger partial charge on any atom is -0.410 e. The molecular formula is C31H32ClN5O3. The van der Waals surface area contributed by atoms with Gasteiger partial charge in [0.25, 0.3) is 0 Å². The minimum absolute atomic E-state index is 0.0778. The molecule has 4 unspecified atom stereocenters. The fraction of sp³-hybridized carbons (Fsp3) is 0.355. The van der Waals surface area contributed by atoms with E-state index in [0.717, 1.165) is 16.8 Å². The van der Waals surface area contributed by atoms with Crippen molar-refractivity contribution in [1.29, 1.82) is 5.26 Å². The second-order valence-corrected chi connectivity index (χ2v) is 10.9. The summed E-state index contributed by atoms with van der Waals surface area (Å²) in [6.45, 7) is 2.74. The van der Waals surface area contributed by atoms with E-state index in [2.05, 4.69) is 21.7 Å². The van der Waals surface area contributed by atoms with E-state index in [1.165, 1.54) is 4.90 Å². The lowest BCUT2D eigenvalue weighted by Gasteiger charge is -2.37. The Morgan fingerprint density at radius 2 is 1.80 bits per heavy atom. The molecule has 9 heteroatoms. The van der Waals surface area contributed by atoms with Crippen molar-refractivity contribution in [2.45, 2.75) is 37.4 Å². The van der Waals surface area contributed by atoms with Crippen LogP contribution in [0.5, 0.6) is 5.75 Å². The van der Waals surface area contributed by atoms with Crippen LogP contribution in [0.25, 0.3) is 0 Å². The van der Waals surface area contributed by atoms with E-state index in [1.807, 2.05) is 67.6 Å². The van der Waals surface area contributed by atoms with Gasteiger partial charge in [0.2, 0.25) is 0 Å². The number of aromatic nitrogens is 1. The van der Waals surface area contributed by atoms with Gasteiger partial charge in [-0.1, -0.05) is 48.0 Å². The molecule has 2 saturated heterocycles. The molecule has 0 saturated carbocycles. The number of piperidine rings is 1. The van der Waals surface area contributed by atoms with Crippen molar-refractivity contribution in [3.63, 3.8) is 0 Å². The van der Waals surface area contributed by atoms with Crippen LogP contribution in [0, 0.1) is 30.1 Å². The number of pyridine rings is 1. The Balaban J connectivity index is 1.44. The number of amides is 1. The van der Waals surface area contributed by atoms with Gasteiger partial charge >= 0.3 is 6.09 Å². The van der Waals surface area contributed by atoms with E-state index in [1.54, 1.807) is 19.3 Å². The number of likely N-dealkylation sites (N-methyl/N-ethyl adjacent to an activating group) is 1. The van der Waals surface area contributed by atoms with E-state index in [9.17, 15) is 14.9 Å². The highest BCUT2D eigenvalue weighted by atomic mass is 35.5. The van der Waals surface area contributed by atoms with Gasteiger partial charge in [-0.15, -0.1) is 0 Å². The Bertz CT molecular complexity index is 1390. The highest BCUT2D eigenvalue weighted by molar-refractivity contribution is 6.30. The van der Waals surface area contributed by atoms with Gasteiger partial charge in [0.15, 0.2) is 5.78 Å². The number of hydrogen-bond acceptors (Lipinski definition) is 7. The molecule has 0 aliphatic carbocycles. The lowest BCUT2D eigenvalue weighted by Crippen LogP contribution is -2.54. The maximum Gasteiger partial charge on any atom is 0.415 e. The number of nitriles is 1. The average molecular weight is 558 g/mol. The molecule has 0 radical (unpaired) electrons. The second-order valence-electron chi connectivity index (χ2n) is 10.5. The quantitative estimate of drug-likeness (QED) is 0.454. The van der Waals surface area contributed by atoms with Crippen molar-refractivity contribution in [1.82, 2.24) is 20.5 Å². The molecular weight excluding hydrogens is 526 g/mol. The normalized spacial score (nSPS) is 26.1. The number of carbonyl (C=O) groups excluding carboxylic acids is 2. The summed E-state index contributed by atoms with van der Waals surface area (Å²) in [4.78, 5) is 33.7. The number of ketones is 1. The Morgan fingerprint density at radius 1 is 1.05 bits per heavy atom. The maximum atomic E-state index is 14.3. The Morgan fingerprint density at radius 3 is 2.50 bits per heavy atom. The number of benzene rings is 2. The van der Waals surface area contributed by atoms with Crippen molar-refractivity contribution in [2.75, 3.05) is 20.1 Å². The fourth-order valence-corrected chi connectivity index (χ4v) is 6.00. The van der Waals surface area contributed by atoms with Gasteiger partial charge < -0.3 is 20.3 Å². The molecule has 8 nitrogen and oxygen atoms in total. The monoisotopic (exact) mass is 557 g/mol. The van der Waals surface area contributed by atoms with Crippen molar-refractivity contribution in [3.8, 4) is 11.8 Å². The van der Waals surface area contributed by atoms with Gasteiger partial charge in [-0.25, -0.2) is 4.79 Å². The van der Waals surface area contributed by atoms with Crippen LogP contribution in [0.4, 0.5) is 4.79 Å². The van der Waals surface area contributed by atoms with E-state index in [4.69, 9.17) is 16.3 Å². The second kappa shape index (κ2) is 12.2. The van der Waals surface area contributed by atoms with Gasteiger partial charge in [0.1, 0.15) is 5.75 Å². The zero-order chi connectivity index (χ0) is 28.2. The van der Waals surface area contributed by atoms with Crippen LogP contribution < -0.4 is 15.4 Å². The Labute approximate surface area is 239 Å². The molecule has 3 heterocycles. The number of nitrogens with one attached hydrogen (secondary N) is 2. The number of aryl methyl sites for hydroxylation is 1. The van der Waals surface area contributed by atoms with Crippen LogP contribution in [0.3, 0.4) is 0 Å². The van der Waals surface area contributed by atoms with Crippen LogP contribution in [0.15, 0.2) is 72.9 Å². The van der Waals surface area contributed by atoms with Gasteiger partial charge in [-0.05, 0) is 54.8 Å². The molecule has 0 bridgehead atoms. The predicted molar refractivity (Wildman–Crippen MR) is 152 cm³/mol. The van der Waals surface area contributed by atoms with Gasteiger partial charge in [-0.3, -0.25) is 9.78 Å². The summed E-state index contributed by atoms with van der Waals surface area (Å²) in [5.74, 6) is -0.811. The number of para-hydroxylation sites is 1. The van der Waals surface area contributed by atoms with Gasteiger partial charge in [-0.2, -0.15) is 5.26 Å². The maximum absolute atomic E-state index is 14.3. The topological polar surface area (TPSA) is 107 Å². The molecule has 40 heavy (non-hydrogen) atoms. The lowest BCUT2D eigenvalue weighted by molar-refractivity contribution is -0.127. The first-order valence-electron chi connectivity index (χ1n) is 13.4. The summed E-state index contributed by atoms with van der Waals surface area (Å²) in [7, 11) is 1.67. The predicted octanol–water partition coefficient (Wildman–Crippen LogP) is 4.66. The van der Waals surface area contributed by atoms with Crippen LogP contribution >= 0.6 is 11.6 Å². The molecule has 0 spiro atoms. The van der Waals surface area contributed by atoms with Crippen molar-refractivity contribution in [3.05, 3.63) is 94.8 Å². The number of carbonyl (C=O) groups is 2. The number of ether oxygens (including phenoxy) is 1. The molecule has 6 atom stereocenters. The van der Waals surface area contributed by atoms with E-state index < -0.39 is 30.0 Å². The molecule has 2 aliphatic heterocycles. The van der Waals surface area contributed by atoms with E-state index in [-0.39, 0.29) is 17.7 Å². The summed E-state index contributed by atoms with van der Waals surface area (Å²) in [6, 6.07) is 21.4. The third-order valence-corrected chi connectivity index (χ3v) is 8.33. The largest absolute Gasteiger partial charge is 0.415 e. The number of nitrogens with zero attached hydrogens (tertiary/aromatic N) is 3. The van der Waals surface area contributed by atoms with Gasteiger partial charge in [0, 0.05) is 43.2 Å². The molecule has 1 amide bonds. The molecule has 206 valence electrons. The fourth-order valence-electron chi connectivity index (χ4n) is 5.87. The number of hydrogen-bond donors (Lipinski definition) is 2.